The molecule has 35 heavy (non-hydrogen) atoms. The van der Waals surface area contributed by atoms with Crippen LogP contribution in [0, 0.1) is 46.3 Å². The zero-order valence-electron chi connectivity index (χ0n) is 22.8. The van der Waals surface area contributed by atoms with E-state index in [0.717, 1.165) is 61.2 Å². The van der Waals surface area contributed by atoms with Crippen molar-refractivity contribution in [2.24, 2.45) is 46.3 Å². The van der Waals surface area contributed by atoms with Crippen molar-refractivity contribution in [1.29, 1.82) is 0 Å². The first-order valence-corrected chi connectivity index (χ1v) is 16.5. The average molecular weight is 524 g/mol. The van der Waals surface area contributed by atoms with Gasteiger partial charge in [0.25, 0.3) is 0 Å². The Morgan fingerprint density at radius 1 is 0.571 bits per heavy atom. The normalized spacial score (nSPS) is 46.0. The van der Waals surface area contributed by atoms with Crippen molar-refractivity contribution in [2.45, 2.75) is 147 Å². The maximum Gasteiger partial charge on any atom is 0.151 e. The second-order valence-corrected chi connectivity index (χ2v) is 15.2. The van der Waals surface area contributed by atoms with E-state index in [1.54, 1.807) is 0 Å². The second-order valence-electron chi connectivity index (χ2n) is 13.9. The lowest BCUT2D eigenvalue weighted by molar-refractivity contribution is -0.173. The summed E-state index contributed by atoms with van der Waals surface area (Å²) >= 11 is 14.6. The molecule has 5 rings (SSSR count). The number of carbonyl (C=O) groups is 1. The monoisotopic (exact) mass is 522 g/mol. The van der Waals surface area contributed by atoms with Gasteiger partial charge >= 0.3 is 0 Å². The van der Waals surface area contributed by atoms with E-state index < -0.39 is 15.2 Å². The quantitative estimate of drug-likeness (QED) is 0.317. The van der Waals surface area contributed by atoms with Crippen molar-refractivity contribution < 1.29 is 4.79 Å². The lowest BCUT2D eigenvalue weighted by atomic mass is 9.41. The highest BCUT2D eigenvalue weighted by Crippen LogP contribution is 2.75. The fraction of sp³-hybridized carbons (Fsp3) is 0.969. The molecule has 0 heterocycles. The van der Waals surface area contributed by atoms with E-state index in [1.165, 1.54) is 103 Å². The third kappa shape index (κ3) is 4.57. The first kappa shape index (κ1) is 26.8. The highest BCUT2D eigenvalue weighted by atomic mass is 35.5. The number of hydrogen-bond donors (Lipinski definition) is 0. The lowest BCUT2D eigenvalue weighted by Gasteiger charge is -2.67. The minimum atomic E-state index is -0.829. The van der Waals surface area contributed by atoms with Crippen molar-refractivity contribution in [1.82, 2.24) is 0 Å². The largest absolute Gasteiger partial charge is 0.298 e. The summed E-state index contributed by atoms with van der Waals surface area (Å²) in [4.78, 5) is 14.0. The van der Waals surface area contributed by atoms with Crippen LogP contribution in [-0.4, -0.2) is 10.1 Å². The molecule has 5 aliphatic carbocycles. The van der Waals surface area contributed by atoms with Gasteiger partial charge in [-0.25, -0.2) is 0 Å². The number of alkyl halides is 2. The highest BCUT2D eigenvalue weighted by molar-refractivity contribution is 6.55. The number of hydrogen-bond acceptors (Lipinski definition) is 1. The van der Waals surface area contributed by atoms with Crippen LogP contribution in [0.4, 0.5) is 0 Å². The van der Waals surface area contributed by atoms with E-state index in [1.807, 2.05) is 0 Å². The molecule has 5 fully saturated rings. The van der Waals surface area contributed by atoms with Crippen LogP contribution < -0.4 is 0 Å². The van der Waals surface area contributed by atoms with Crippen LogP contribution in [0.2, 0.25) is 0 Å². The average Bonchev–Trinajstić information content (AvgIpc) is 2.89. The van der Waals surface area contributed by atoms with Gasteiger partial charge in [0.05, 0.1) is 10.8 Å². The fourth-order valence-electron chi connectivity index (χ4n) is 10.1. The van der Waals surface area contributed by atoms with Crippen molar-refractivity contribution in [3.05, 3.63) is 0 Å². The summed E-state index contributed by atoms with van der Waals surface area (Å²) in [5.74, 6) is 5.79. The SMILES string of the molecule is CCC[C@H]1CC[C@H](C2CCC3(CC2)C(=O)C2(CCC([C@H]4CC[C@H](CCC)CC4)CC2)C3(Cl)Cl)CC1. The van der Waals surface area contributed by atoms with Crippen LogP contribution in [0.1, 0.15) is 142 Å². The standard InChI is InChI=1S/C32H52Cl2O/c1-3-5-23-7-11-25(12-8-23)27-15-19-30(20-16-27)29(35)31(32(30,33)34)21-17-28(18-22-31)26-13-9-24(6-4-2)10-14-26/h23-28H,3-22H2,1-2H3/t23-,24-,25-,26-,27?,28?,30?,31?. The van der Waals surface area contributed by atoms with Crippen LogP contribution in [0.3, 0.4) is 0 Å². The van der Waals surface area contributed by atoms with E-state index in [4.69, 9.17) is 23.2 Å². The van der Waals surface area contributed by atoms with Gasteiger partial charge in [-0.1, -0.05) is 88.4 Å². The minimum absolute atomic E-state index is 0.433. The molecule has 0 atom stereocenters. The van der Waals surface area contributed by atoms with Crippen molar-refractivity contribution in [2.75, 3.05) is 0 Å². The molecule has 3 heteroatoms. The molecular formula is C32H52Cl2O. The smallest absolute Gasteiger partial charge is 0.151 e. The molecule has 200 valence electrons. The van der Waals surface area contributed by atoms with Crippen molar-refractivity contribution >= 4 is 29.0 Å². The molecule has 2 spiro atoms. The van der Waals surface area contributed by atoms with Crippen LogP contribution >= 0.6 is 23.2 Å². The topological polar surface area (TPSA) is 17.1 Å². The predicted octanol–water partition coefficient (Wildman–Crippen LogP) is 10.3. The maximum absolute atomic E-state index is 14.0. The van der Waals surface area contributed by atoms with Gasteiger partial charge in [0.1, 0.15) is 4.33 Å². The summed E-state index contributed by atoms with van der Waals surface area (Å²) in [7, 11) is 0. The number of Topliss-reactive ketones (excluding diaryl/α,β-unsaturated/α-hetero) is 1. The minimum Gasteiger partial charge on any atom is -0.298 e. The summed E-state index contributed by atoms with van der Waals surface area (Å²) in [6.07, 6.45) is 25.4. The third-order valence-corrected chi connectivity index (χ3v) is 13.8. The molecule has 0 radical (unpaired) electrons. The molecule has 0 aromatic heterocycles. The Labute approximate surface area is 226 Å². The number of carbonyl (C=O) groups excluding carboxylic acids is 1. The molecule has 5 aliphatic rings. The van der Waals surface area contributed by atoms with Gasteiger partial charge in [-0.3, -0.25) is 4.79 Å². The zero-order chi connectivity index (χ0) is 24.7. The van der Waals surface area contributed by atoms with Crippen LogP contribution in [0.15, 0.2) is 0 Å². The van der Waals surface area contributed by atoms with E-state index in [-0.39, 0.29) is 0 Å². The van der Waals surface area contributed by atoms with Crippen LogP contribution in [0.25, 0.3) is 0 Å². The van der Waals surface area contributed by atoms with Crippen LogP contribution in [-0.2, 0) is 4.79 Å². The Morgan fingerprint density at radius 3 is 1.17 bits per heavy atom. The molecule has 0 amide bonds. The maximum atomic E-state index is 14.0. The predicted molar refractivity (Wildman–Crippen MR) is 149 cm³/mol. The first-order chi connectivity index (χ1) is 16.9. The Morgan fingerprint density at radius 2 is 0.886 bits per heavy atom. The van der Waals surface area contributed by atoms with Gasteiger partial charge in [-0.2, -0.15) is 0 Å². The van der Waals surface area contributed by atoms with Gasteiger partial charge in [0.2, 0.25) is 0 Å². The second kappa shape index (κ2) is 10.8. The van der Waals surface area contributed by atoms with Gasteiger partial charge in [0, 0.05) is 0 Å². The lowest BCUT2D eigenvalue weighted by Crippen LogP contribution is -2.74. The highest BCUT2D eigenvalue weighted by Gasteiger charge is 2.79. The van der Waals surface area contributed by atoms with Gasteiger partial charge in [-0.15, -0.1) is 0 Å². The van der Waals surface area contributed by atoms with Crippen molar-refractivity contribution in [3.63, 3.8) is 0 Å². The van der Waals surface area contributed by atoms with Gasteiger partial charge < -0.3 is 0 Å². The molecule has 0 aromatic carbocycles. The zero-order valence-corrected chi connectivity index (χ0v) is 24.3. The Kier molecular flexibility index (Phi) is 8.27. The Balaban J connectivity index is 1.14. The van der Waals surface area contributed by atoms with E-state index in [9.17, 15) is 4.79 Å². The van der Waals surface area contributed by atoms with E-state index in [2.05, 4.69) is 13.8 Å². The summed E-state index contributed by atoms with van der Waals surface area (Å²) in [6.45, 7) is 4.65. The summed E-state index contributed by atoms with van der Waals surface area (Å²) in [5, 5.41) is 0. The number of ketones is 1. The molecule has 0 saturated heterocycles. The number of rotatable bonds is 6. The Bertz CT molecular complexity index is 654. The molecular weight excluding hydrogens is 471 g/mol. The van der Waals surface area contributed by atoms with E-state index >= 15 is 0 Å². The number of halogens is 2. The summed E-state index contributed by atoms with van der Waals surface area (Å²) in [6, 6.07) is 0. The molecule has 0 unspecified atom stereocenters. The molecule has 0 aromatic rings. The molecule has 5 saturated carbocycles. The van der Waals surface area contributed by atoms with Crippen molar-refractivity contribution in [3.8, 4) is 0 Å². The summed E-state index contributed by atoms with van der Waals surface area (Å²) < 4.78 is -0.829. The molecule has 1 nitrogen and oxygen atoms in total. The van der Waals surface area contributed by atoms with Gasteiger partial charge in [0.15, 0.2) is 5.78 Å². The fourth-order valence-corrected chi connectivity index (χ4v) is 11.2. The van der Waals surface area contributed by atoms with Gasteiger partial charge in [-0.05, 0) is 113 Å². The molecule has 0 N–H and O–H groups in total. The Hall–Kier alpha value is 0.250. The van der Waals surface area contributed by atoms with Crippen LogP contribution in [0.5, 0.6) is 0 Å². The summed E-state index contributed by atoms with van der Waals surface area (Å²) in [5.41, 5.74) is -0.867. The molecule has 0 bridgehead atoms. The van der Waals surface area contributed by atoms with E-state index in [0.29, 0.717) is 5.78 Å². The third-order valence-electron chi connectivity index (χ3n) is 12.3. The first-order valence-electron chi connectivity index (χ1n) is 15.8. The molecule has 0 aliphatic heterocycles.